The van der Waals surface area contributed by atoms with E-state index in [0.717, 1.165) is 25.7 Å². The first-order chi connectivity index (χ1) is 11.5. The van der Waals surface area contributed by atoms with Gasteiger partial charge in [0.05, 0.1) is 10.5 Å². The van der Waals surface area contributed by atoms with Crippen LogP contribution in [0.15, 0.2) is 18.2 Å². The van der Waals surface area contributed by atoms with E-state index in [4.69, 9.17) is 0 Å². The molecule has 1 saturated carbocycles. The van der Waals surface area contributed by atoms with Crippen LogP contribution in [-0.4, -0.2) is 24.7 Å². The molecular weight excluding hydrogens is 339 g/mol. The normalized spacial score (nSPS) is 22.0. The molecule has 0 saturated heterocycles. The summed E-state index contributed by atoms with van der Waals surface area (Å²) in [5.74, 6) is 0.186. The van der Waals surface area contributed by atoms with Gasteiger partial charge in [0.15, 0.2) is 9.84 Å². The van der Waals surface area contributed by atoms with Gasteiger partial charge in [0.1, 0.15) is 11.6 Å². The third kappa shape index (κ3) is 5.13. The first-order valence-electron chi connectivity index (χ1n) is 8.99. The number of Topliss-reactive ketones (excluding diaryl/α,β-unsaturated/α-hetero) is 1. The van der Waals surface area contributed by atoms with Crippen LogP contribution in [0.4, 0.5) is 4.39 Å². The highest BCUT2D eigenvalue weighted by Gasteiger charge is 2.34. The molecule has 0 aromatic heterocycles. The SMILES string of the molecule is Cc1ccc(CC(=O)C2CCC(CS(=O)(=O)C(C)(C)C)CC2)cc1F. The van der Waals surface area contributed by atoms with Gasteiger partial charge in [-0.1, -0.05) is 12.1 Å². The van der Waals surface area contributed by atoms with Gasteiger partial charge in [-0.05, 0) is 76.5 Å². The Balaban J connectivity index is 1.89. The number of hydrogen-bond acceptors (Lipinski definition) is 3. The summed E-state index contributed by atoms with van der Waals surface area (Å²) in [6, 6.07) is 4.94. The number of aryl methyl sites for hydroxylation is 1. The zero-order chi connectivity index (χ0) is 18.8. The minimum Gasteiger partial charge on any atom is -0.299 e. The average molecular weight is 369 g/mol. The summed E-state index contributed by atoms with van der Waals surface area (Å²) in [7, 11) is -3.12. The van der Waals surface area contributed by atoms with Gasteiger partial charge in [-0.3, -0.25) is 4.79 Å². The standard InChI is InChI=1S/C20H29FO3S/c1-14-5-6-16(11-18(14)21)12-19(22)17-9-7-15(8-10-17)13-25(23,24)20(2,3)4/h5-6,11,15,17H,7-10,12-13H2,1-4H3. The molecule has 1 aliphatic rings. The molecule has 0 amide bonds. The maximum absolute atomic E-state index is 13.6. The molecule has 0 spiro atoms. The highest BCUT2D eigenvalue weighted by atomic mass is 32.2. The van der Waals surface area contributed by atoms with Gasteiger partial charge in [0.25, 0.3) is 0 Å². The van der Waals surface area contributed by atoms with Crippen molar-refractivity contribution in [2.24, 2.45) is 11.8 Å². The number of benzene rings is 1. The molecule has 1 aliphatic carbocycles. The first-order valence-corrected chi connectivity index (χ1v) is 10.6. The summed E-state index contributed by atoms with van der Waals surface area (Å²) in [4.78, 5) is 12.5. The number of hydrogen-bond donors (Lipinski definition) is 0. The number of carbonyl (C=O) groups excluding carboxylic acids is 1. The fourth-order valence-corrected chi connectivity index (χ4v) is 4.76. The molecule has 2 rings (SSSR count). The number of rotatable bonds is 5. The van der Waals surface area contributed by atoms with Crippen LogP contribution >= 0.6 is 0 Å². The average Bonchev–Trinajstić information content (AvgIpc) is 2.50. The van der Waals surface area contributed by atoms with Crippen LogP contribution in [0.3, 0.4) is 0 Å². The van der Waals surface area contributed by atoms with Crippen molar-refractivity contribution in [3.8, 4) is 0 Å². The number of carbonyl (C=O) groups is 1. The second kappa shape index (κ2) is 7.56. The second-order valence-electron chi connectivity index (χ2n) is 8.34. The molecule has 5 heteroatoms. The lowest BCUT2D eigenvalue weighted by Gasteiger charge is -2.30. The molecule has 0 heterocycles. The van der Waals surface area contributed by atoms with E-state index < -0.39 is 14.6 Å². The van der Waals surface area contributed by atoms with Crippen LogP contribution in [0.1, 0.15) is 57.6 Å². The second-order valence-corrected chi connectivity index (χ2v) is 11.1. The highest BCUT2D eigenvalue weighted by Crippen LogP contribution is 2.33. The molecule has 0 unspecified atom stereocenters. The number of halogens is 1. The fraction of sp³-hybridized carbons (Fsp3) is 0.650. The van der Waals surface area contributed by atoms with E-state index in [1.165, 1.54) is 6.07 Å². The van der Waals surface area contributed by atoms with Gasteiger partial charge in [-0.15, -0.1) is 0 Å². The van der Waals surface area contributed by atoms with Gasteiger partial charge >= 0.3 is 0 Å². The Morgan fingerprint density at radius 1 is 1.16 bits per heavy atom. The van der Waals surface area contributed by atoms with Crippen molar-refractivity contribution in [2.45, 2.75) is 64.5 Å². The lowest BCUT2D eigenvalue weighted by Crippen LogP contribution is -2.35. The van der Waals surface area contributed by atoms with E-state index in [2.05, 4.69) is 0 Å². The summed E-state index contributed by atoms with van der Waals surface area (Å²) in [6.45, 7) is 6.91. The topological polar surface area (TPSA) is 51.2 Å². The van der Waals surface area contributed by atoms with Gasteiger partial charge in [-0.25, -0.2) is 12.8 Å². The maximum atomic E-state index is 13.6. The third-order valence-electron chi connectivity index (χ3n) is 5.30. The molecule has 25 heavy (non-hydrogen) atoms. The molecule has 0 radical (unpaired) electrons. The summed E-state index contributed by atoms with van der Waals surface area (Å²) >= 11 is 0. The summed E-state index contributed by atoms with van der Waals surface area (Å²) < 4.78 is 37.5. The molecule has 1 aromatic carbocycles. The zero-order valence-electron chi connectivity index (χ0n) is 15.6. The summed E-state index contributed by atoms with van der Waals surface area (Å²) in [5.41, 5.74) is 1.29. The van der Waals surface area contributed by atoms with Gasteiger partial charge in [0.2, 0.25) is 0 Å². The number of sulfone groups is 1. The quantitative estimate of drug-likeness (QED) is 0.780. The molecule has 1 aromatic rings. The monoisotopic (exact) mass is 368 g/mol. The molecule has 3 nitrogen and oxygen atoms in total. The Morgan fingerprint density at radius 3 is 2.28 bits per heavy atom. The first kappa shape index (κ1) is 20.1. The number of ketones is 1. The van der Waals surface area contributed by atoms with Crippen LogP contribution in [0.25, 0.3) is 0 Å². The van der Waals surface area contributed by atoms with Crippen molar-refractivity contribution in [1.29, 1.82) is 0 Å². The molecule has 0 aliphatic heterocycles. The fourth-order valence-electron chi connectivity index (χ4n) is 3.30. The van der Waals surface area contributed by atoms with Crippen molar-refractivity contribution in [1.82, 2.24) is 0 Å². The largest absolute Gasteiger partial charge is 0.299 e. The van der Waals surface area contributed by atoms with Crippen LogP contribution in [0.2, 0.25) is 0 Å². The van der Waals surface area contributed by atoms with Gasteiger partial charge < -0.3 is 0 Å². The Bertz CT molecular complexity index is 724. The lowest BCUT2D eigenvalue weighted by molar-refractivity contribution is -0.123. The minimum absolute atomic E-state index is 0.0297. The van der Waals surface area contributed by atoms with Crippen molar-refractivity contribution < 1.29 is 17.6 Å². The van der Waals surface area contributed by atoms with E-state index in [1.54, 1.807) is 39.8 Å². The van der Waals surface area contributed by atoms with Gasteiger partial charge in [0, 0.05) is 12.3 Å². The summed E-state index contributed by atoms with van der Waals surface area (Å²) in [6.07, 6.45) is 3.27. The predicted octanol–water partition coefficient (Wildman–Crippen LogP) is 4.27. The van der Waals surface area contributed by atoms with Crippen molar-refractivity contribution >= 4 is 15.6 Å². The van der Waals surface area contributed by atoms with E-state index in [9.17, 15) is 17.6 Å². The smallest absolute Gasteiger partial charge is 0.155 e. The van der Waals surface area contributed by atoms with Crippen LogP contribution in [0, 0.1) is 24.6 Å². The minimum atomic E-state index is -3.12. The Labute approximate surface area is 150 Å². The molecule has 0 N–H and O–H groups in total. The molecule has 0 bridgehead atoms. The molecule has 0 atom stereocenters. The Morgan fingerprint density at radius 2 is 1.76 bits per heavy atom. The third-order valence-corrected chi connectivity index (χ3v) is 8.08. The Hall–Kier alpha value is -1.23. The lowest BCUT2D eigenvalue weighted by atomic mass is 9.79. The van der Waals surface area contributed by atoms with Gasteiger partial charge in [-0.2, -0.15) is 0 Å². The van der Waals surface area contributed by atoms with E-state index >= 15 is 0 Å². The Kier molecular flexibility index (Phi) is 6.08. The summed E-state index contributed by atoms with van der Waals surface area (Å²) in [5, 5.41) is 0. The molecular formula is C20H29FO3S. The highest BCUT2D eigenvalue weighted by molar-refractivity contribution is 7.92. The predicted molar refractivity (Wildman–Crippen MR) is 98.8 cm³/mol. The maximum Gasteiger partial charge on any atom is 0.155 e. The van der Waals surface area contributed by atoms with E-state index in [0.29, 0.717) is 11.1 Å². The van der Waals surface area contributed by atoms with Crippen LogP contribution in [-0.2, 0) is 21.1 Å². The van der Waals surface area contributed by atoms with Crippen molar-refractivity contribution in [3.05, 3.63) is 35.1 Å². The van der Waals surface area contributed by atoms with E-state index in [1.807, 2.05) is 0 Å². The van der Waals surface area contributed by atoms with E-state index in [-0.39, 0.29) is 35.6 Å². The van der Waals surface area contributed by atoms with Crippen molar-refractivity contribution in [3.63, 3.8) is 0 Å². The van der Waals surface area contributed by atoms with Crippen LogP contribution in [0.5, 0.6) is 0 Å². The molecule has 140 valence electrons. The zero-order valence-corrected chi connectivity index (χ0v) is 16.5. The van der Waals surface area contributed by atoms with Crippen molar-refractivity contribution in [2.75, 3.05) is 5.75 Å². The van der Waals surface area contributed by atoms with Crippen LogP contribution < -0.4 is 0 Å². The molecule has 1 fully saturated rings.